The Balaban J connectivity index is 1.65. The van der Waals surface area contributed by atoms with Crippen LogP contribution in [-0.2, 0) is 0 Å². The molecule has 4 rings (SSSR count). The Hall–Kier alpha value is -2.67. The second-order valence-electron chi connectivity index (χ2n) is 6.70. The molecule has 1 aromatic carbocycles. The Morgan fingerprint density at radius 3 is 2.81 bits per heavy atom. The predicted molar refractivity (Wildman–Crippen MR) is 101 cm³/mol. The molecule has 1 aliphatic rings. The van der Waals surface area contributed by atoms with E-state index in [4.69, 9.17) is 0 Å². The summed E-state index contributed by atoms with van der Waals surface area (Å²) in [6, 6.07) is 8.59. The summed E-state index contributed by atoms with van der Waals surface area (Å²) in [7, 11) is 0. The van der Waals surface area contributed by atoms with Gasteiger partial charge in [-0.1, -0.05) is 18.9 Å². The number of non-ortho nitro benzene ring substituents is 1. The molecule has 1 atom stereocenters. The van der Waals surface area contributed by atoms with Crippen molar-refractivity contribution < 1.29 is 9.72 Å². The lowest BCUT2D eigenvalue weighted by atomic mass is 9.96. The number of aromatic nitrogens is 1. The van der Waals surface area contributed by atoms with Crippen molar-refractivity contribution >= 4 is 33.8 Å². The molecule has 134 valence electrons. The number of nitrogens with zero attached hydrogens (tertiary/aromatic N) is 1. The average molecular weight is 369 g/mol. The zero-order valence-electron chi connectivity index (χ0n) is 14.1. The summed E-state index contributed by atoms with van der Waals surface area (Å²) in [6.07, 6.45) is 6.25. The van der Waals surface area contributed by atoms with Gasteiger partial charge in [0.2, 0.25) is 0 Å². The van der Waals surface area contributed by atoms with Gasteiger partial charge < -0.3 is 10.3 Å². The minimum absolute atomic E-state index is 0.00588. The van der Waals surface area contributed by atoms with Crippen LogP contribution in [0.25, 0.3) is 10.9 Å². The molecule has 0 radical (unpaired) electrons. The van der Waals surface area contributed by atoms with E-state index < -0.39 is 4.92 Å². The van der Waals surface area contributed by atoms with E-state index in [1.807, 2.05) is 11.4 Å². The topological polar surface area (TPSA) is 88.0 Å². The summed E-state index contributed by atoms with van der Waals surface area (Å²) >= 11 is 1.66. The van der Waals surface area contributed by atoms with Crippen LogP contribution < -0.4 is 5.32 Å². The molecule has 1 fully saturated rings. The number of hydrogen-bond acceptors (Lipinski definition) is 4. The van der Waals surface area contributed by atoms with E-state index in [9.17, 15) is 14.9 Å². The Morgan fingerprint density at radius 1 is 1.31 bits per heavy atom. The number of rotatable bonds is 5. The maximum Gasteiger partial charge on any atom is 0.270 e. The highest BCUT2D eigenvalue weighted by Gasteiger charge is 2.29. The Bertz CT molecular complexity index is 942. The van der Waals surface area contributed by atoms with Crippen LogP contribution in [-0.4, -0.2) is 15.8 Å². The average Bonchev–Trinajstić information content (AvgIpc) is 3.40. The molecular formula is C19H19N3O3S. The van der Waals surface area contributed by atoms with E-state index in [1.54, 1.807) is 23.6 Å². The molecule has 2 heterocycles. The van der Waals surface area contributed by atoms with Crippen molar-refractivity contribution in [3.63, 3.8) is 0 Å². The number of benzene rings is 1. The van der Waals surface area contributed by atoms with E-state index in [2.05, 4.69) is 16.4 Å². The van der Waals surface area contributed by atoms with Crippen LogP contribution in [0.15, 0.2) is 41.9 Å². The van der Waals surface area contributed by atoms with Crippen LogP contribution in [0.2, 0.25) is 0 Å². The molecule has 0 spiro atoms. The molecule has 0 saturated heterocycles. The summed E-state index contributed by atoms with van der Waals surface area (Å²) in [5.41, 5.74) is 1.15. The maximum atomic E-state index is 13.0. The first-order valence-electron chi connectivity index (χ1n) is 8.73. The molecule has 7 heteroatoms. The van der Waals surface area contributed by atoms with Crippen molar-refractivity contribution in [1.29, 1.82) is 0 Å². The molecule has 3 aromatic rings. The van der Waals surface area contributed by atoms with Gasteiger partial charge in [-0.3, -0.25) is 14.9 Å². The largest absolute Gasteiger partial charge is 0.360 e. The lowest BCUT2D eigenvalue weighted by molar-refractivity contribution is -0.384. The number of nitrogens with one attached hydrogen (secondary N) is 2. The number of hydrogen-bond donors (Lipinski definition) is 2. The van der Waals surface area contributed by atoms with Crippen LogP contribution >= 0.6 is 11.3 Å². The number of amides is 1. The Morgan fingerprint density at radius 2 is 2.12 bits per heavy atom. The van der Waals surface area contributed by atoms with Crippen LogP contribution in [0.3, 0.4) is 0 Å². The van der Waals surface area contributed by atoms with Crippen molar-refractivity contribution in [2.45, 2.75) is 31.7 Å². The third kappa shape index (κ3) is 3.10. The Labute approximate surface area is 154 Å². The zero-order valence-corrected chi connectivity index (χ0v) is 14.9. The maximum absolute atomic E-state index is 13.0. The fourth-order valence-electron chi connectivity index (χ4n) is 3.81. The Kier molecular flexibility index (Phi) is 4.46. The summed E-state index contributed by atoms with van der Waals surface area (Å²) in [4.78, 5) is 27.8. The van der Waals surface area contributed by atoms with Crippen molar-refractivity contribution in [2.75, 3.05) is 0 Å². The number of nitro groups is 1. The smallest absolute Gasteiger partial charge is 0.270 e. The lowest BCUT2D eigenvalue weighted by Gasteiger charge is -2.23. The predicted octanol–water partition coefficient (Wildman–Crippen LogP) is 4.80. The van der Waals surface area contributed by atoms with Crippen molar-refractivity contribution in [3.8, 4) is 0 Å². The second kappa shape index (κ2) is 6.92. The van der Waals surface area contributed by atoms with E-state index in [1.165, 1.54) is 25.0 Å². The summed E-state index contributed by atoms with van der Waals surface area (Å²) in [6.45, 7) is 0. The third-order valence-corrected chi connectivity index (χ3v) is 6.08. The van der Waals surface area contributed by atoms with Gasteiger partial charge in [0.05, 0.1) is 16.5 Å². The van der Waals surface area contributed by atoms with E-state index in [0.29, 0.717) is 22.4 Å². The SMILES string of the molecule is O=C(NC(c1cccs1)C1CCCC1)c1c[nH]c2ccc([N+](=O)[O-])cc12. The number of H-pyrrole nitrogens is 1. The molecule has 26 heavy (non-hydrogen) atoms. The monoisotopic (exact) mass is 369 g/mol. The van der Waals surface area contributed by atoms with Gasteiger partial charge in [-0.25, -0.2) is 0 Å². The van der Waals surface area contributed by atoms with Crippen LogP contribution in [0.1, 0.15) is 47.0 Å². The highest BCUT2D eigenvalue weighted by molar-refractivity contribution is 7.10. The first kappa shape index (κ1) is 16.8. The van der Waals surface area contributed by atoms with Crippen LogP contribution in [0.4, 0.5) is 5.69 Å². The standard InChI is InChI=1S/C19H19N3O3S/c23-19(15-11-20-16-8-7-13(22(24)25)10-14(15)16)21-18(12-4-1-2-5-12)17-6-3-9-26-17/h3,6-12,18,20H,1-2,4-5H2,(H,21,23). The number of carbonyl (C=O) groups excluding carboxylic acids is 1. The number of nitro benzene ring substituents is 1. The van der Waals surface area contributed by atoms with E-state index in [0.717, 1.165) is 17.7 Å². The number of aromatic amines is 1. The van der Waals surface area contributed by atoms with Gasteiger partial charge in [-0.2, -0.15) is 0 Å². The van der Waals surface area contributed by atoms with Gasteiger partial charge in [-0.15, -0.1) is 11.3 Å². The molecular weight excluding hydrogens is 350 g/mol. The van der Waals surface area contributed by atoms with E-state index >= 15 is 0 Å². The highest BCUT2D eigenvalue weighted by atomic mass is 32.1. The quantitative estimate of drug-likeness (QED) is 0.500. The second-order valence-corrected chi connectivity index (χ2v) is 7.68. The van der Waals surface area contributed by atoms with Gasteiger partial charge >= 0.3 is 0 Å². The fourth-order valence-corrected chi connectivity index (χ4v) is 4.68. The van der Waals surface area contributed by atoms with Gasteiger partial charge in [0, 0.05) is 34.1 Å². The molecule has 2 N–H and O–H groups in total. The first-order valence-corrected chi connectivity index (χ1v) is 9.61. The molecule has 1 saturated carbocycles. The highest BCUT2D eigenvalue weighted by Crippen LogP contribution is 2.37. The normalized spacial score (nSPS) is 16.0. The molecule has 1 unspecified atom stereocenters. The van der Waals surface area contributed by atoms with Crippen LogP contribution in [0, 0.1) is 16.0 Å². The third-order valence-electron chi connectivity index (χ3n) is 5.13. The summed E-state index contributed by atoms with van der Waals surface area (Å²) in [5.74, 6) is 0.249. The van der Waals surface area contributed by atoms with Gasteiger partial charge in [0.25, 0.3) is 11.6 Å². The zero-order chi connectivity index (χ0) is 18.1. The number of carbonyl (C=O) groups is 1. The number of fused-ring (bicyclic) bond motifs is 1. The van der Waals surface area contributed by atoms with Crippen molar-refractivity contribution in [1.82, 2.24) is 10.3 Å². The molecule has 0 aliphatic heterocycles. The molecule has 2 aromatic heterocycles. The van der Waals surface area contributed by atoms with Gasteiger partial charge in [-0.05, 0) is 36.3 Å². The molecule has 1 amide bonds. The fraction of sp³-hybridized carbons (Fsp3) is 0.316. The lowest BCUT2D eigenvalue weighted by Crippen LogP contribution is -2.32. The molecule has 1 aliphatic carbocycles. The molecule has 0 bridgehead atoms. The van der Waals surface area contributed by atoms with Gasteiger partial charge in [0.15, 0.2) is 0 Å². The minimum Gasteiger partial charge on any atom is -0.360 e. The van der Waals surface area contributed by atoms with Crippen molar-refractivity contribution in [3.05, 3.63) is 62.5 Å². The summed E-state index contributed by atoms with van der Waals surface area (Å²) < 4.78 is 0. The van der Waals surface area contributed by atoms with Gasteiger partial charge in [0.1, 0.15) is 0 Å². The minimum atomic E-state index is -0.443. The van der Waals surface area contributed by atoms with Crippen molar-refractivity contribution in [2.24, 2.45) is 5.92 Å². The first-order chi connectivity index (χ1) is 12.6. The van der Waals surface area contributed by atoms with E-state index in [-0.39, 0.29) is 17.6 Å². The molecule has 6 nitrogen and oxygen atoms in total. The number of thiophene rings is 1. The summed E-state index contributed by atoms with van der Waals surface area (Å²) in [5, 5.41) is 16.8. The van der Waals surface area contributed by atoms with Crippen LogP contribution in [0.5, 0.6) is 0 Å².